The summed E-state index contributed by atoms with van der Waals surface area (Å²) in [5, 5.41) is 42.2. The van der Waals surface area contributed by atoms with Crippen LogP contribution in [0.25, 0.3) is 0 Å². The number of benzene rings is 3. The quantitative estimate of drug-likeness (QED) is 0.320. The van der Waals surface area contributed by atoms with Gasteiger partial charge in [-0.05, 0) is 54.6 Å². The number of amides is 2. The predicted octanol–water partition coefficient (Wildman–Crippen LogP) is 3.00. The van der Waals surface area contributed by atoms with Crippen LogP contribution < -0.4 is 10.6 Å². The molecule has 0 heterocycles. The first-order chi connectivity index (χ1) is 15.2. The summed E-state index contributed by atoms with van der Waals surface area (Å²) in [5.74, 6) is -4.68. The van der Waals surface area contributed by atoms with Crippen molar-refractivity contribution in [3.05, 3.63) is 82.9 Å². The van der Waals surface area contributed by atoms with Crippen molar-refractivity contribution in [3.8, 4) is 11.5 Å². The Labute approximate surface area is 180 Å². The maximum atomic E-state index is 12.6. The minimum absolute atomic E-state index is 0.0335. The van der Waals surface area contributed by atoms with E-state index in [2.05, 4.69) is 10.6 Å². The van der Waals surface area contributed by atoms with Crippen LogP contribution in [0.2, 0.25) is 0 Å². The standard InChI is InChI=1S/C22H16N2O8/c25-13-4-6-17(15(9-13)21(29)30)23-19(27)11-2-1-3-12(8-11)20(28)24-18-7-5-14(26)10-16(18)22(31)32/h1-10,25-26H,(H,23,27)(H,24,28)(H,29,30)(H,31,32). The van der Waals surface area contributed by atoms with Crippen LogP contribution in [0.15, 0.2) is 60.7 Å². The SMILES string of the molecule is O=C(Nc1ccc(O)cc1C(=O)O)c1cccc(C(=O)Nc2ccc(O)cc2C(=O)O)c1. The van der Waals surface area contributed by atoms with E-state index >= 15 is 0 Å². The van der Waals surface area contributed by atoms with Crippen molar-refractivity contribution in [2.45, 2.75) is 0 Å². The number of aromatic carboxylic acids is 2. The summed E-state index contributed by atoms with van der Waals surface area (Å²) >= 11 is 0. The second kappa shape index (κ2) is 8.88. The molecule has 0 aromatic heterocycles. The van der Waals surface area contributed by atoms with Gasteiger partial charge in [-0.1, -0.05) is 6.07 Å². The van der Waals surface area contributed by atoms with Gasteiger partial charge >= 0.3 is 11.9 Å². The van der Waals surface area contributed by atoms with Crippen molar-refractivity contribution in [3.63, 3.8) is 0 Å². The molecule has 0 spiro atoms. The number of hydrogen-bond acceptors (Lipinski definition) is 6. The van der Waals surface area contributed by atoms with Crippen LogP contribution in [0.5, 0.6) is 11.5 Å². The molecule has 0 fully saturated rings. The number of carboxylic acids is 2. The molecule has 0 unspecified atom stereocenters. The molecule has 6 N–H and O–H groups in total. The van der Waals surface area contributed by atoms with Crippen molar-refractivity contribution in [2.75, 3.05) is 10.6 Å². The van der Waals surface area contributed by atoms with Crippen LogP contribution in [-0.4, -0.2) is 44.2 Å². The van der Waals surface area contributed by atoms with E-state index in [9.17, 15) is 39.6 Å². The van der Waals surface area contributed by atoms with Crippen molar-refractivity contribution in [1.29, 1.82) is 0 Å². The number of hydrogen-bond donors (Lipinski definition) is 6. The summed E-state index contributed by atoms with van der Waals surface area (Å²) < 4.78 is 0. The smallest absolute Gasteiger partial charge is 0.337 e. The number of rotatable bonds is 6. The van der Waals surface area contributed by atoms with Crippen molar-refractivity contribution < 1.29 is 39.6 Å². The molecule has 0 saturated heterocycles. The van der Waals surface area contributed by atoms with Gasteiger partial charge in [-0.15, -0.1) is 0 Å². The van der Waals surface area contributed by atoms with Crippen molar-refractivity contribution in [2.24, 2.45) is 0 Å². The topological polar surface area (TPSA) is 173 Å². The predicted molar refractivity (Wildman–Crippen MR) is 112 cm³/mol. The number of carbonyl (C=O) groups excluding carboxylic acids is 2. The second-order valence-electron chi connectivity index (χ2n) is 6.56. The van der Waals surface area contributed by atoms with Crippen LogP contribution in [0.1, 0.15) is 41.4 Å². The van der Waals surface area contributed by atoms with Gasteiger partial charge < -0.3 is 31.1 Å². The Morgan fingerprint density at radius 3 is 1.38 bits per heavy atom. The molecule has 0 saturated carbocycles. The van der Waals surface area contributed by atoms with E-state index in [0.29, 0.717) is 0 Å². The maximum Gasteiger partial charge on any atom is 0.337 e. The third-order valence-corrected chi connectivity index (χ3v) is 4.35. The molecule has 0 radical (unpaired) electrons. The molecule has 3 aromatic rings. The number of carboxylic acid groups (broad SMARTS) is 2. The molecular weight excluding hydrogens is 420 g/mol. The summed E-state index contributed by atoms with van der Waals surface area (Å²) in [5.41, 5.74) is -0.672. The lowest BCUT2D eigenvalue weighted by Gasteiger charge is -2.11. The van der Waals surface area contributed by atoms with E-state index in [-0.39, 0.29) is 45.1 Å². The van der Waals surface area contributed by atoms with E-state index in [0.717, 1.165) is 12.1 Å². The number of anilines is 2. The average molecular weight is 436 g/mol. The van der Waals surface area contributed by atoms with E-state index in [1.807, 2.05) is 0 Å². The lowest BCUT2D eigenvalue weighted by molar-refractivity contribution is 0.0686. The monoisotopic (exact) mass is 436 g/mol. The summed E-state index contributed by atoms with van der Waals surface area (Å²) in [6, 6.07) is 12.3. The van der Waals surface area contributed by atoms with Crippen LogP contribution >= 0.6 is 0 Å². The van der Waals surface area contributed by atoms with Gasteiger partial charge in [0.25, 0.3) is 11.8 Å². The number of carbonyl (C=O) groups is 4. The van der Waals surface area contributed by atoms with Gasteiger partial charge in [0.2, 0.25) is 0 Å². The van der Waals surface area contributed by atoms with E-state index in [4.69, 9.17) is 0 Å². The van der Waals surface area contributed by atoms with Crippen molar-refractivity contribution >= 4 is 35.1 Å². The second-order valence-corrected chi connectivity index (χ2v) is 6.56. The minimum Gasteiger partial charge on any atom is -0.508 e. The highest BCUT2D eigenvalue weighted by atomic mass is 16.4. The zero-order valence-corrected chi connectivity index (χ0v) is 16.2. The fraction of sp³-hybridized carbons (Fsp3) is 0. The average Bonchev–Trinajstić information content (AvgIpc) is 2.75. The lowest BCUT2D eigenvalue weighted by atomic mass is 10.1. The Bertz CT molecular complexity index is 1160. The third-order valence-electron chi connectivity index (χ3n) is 4.35. The Morgan fingerprint density at radius 1 is 0.594 bits per heavy atom. The van der Waals surface area contributed by atoms with Gasteiger partial charge in [0.05, 0.1) is 22.5 Å². The van der Waals surface area contributed by atoms with Gasteiger partial charge in [0, 0.05) is 11.1 Å². The Kier molecular flexibility index (Phi) is 6.06. The summed E-state index contributed by atoms with van der Waals surface area (Å²) in [6.07, 6.45) is 0. The van der Waals surface area contributed by atoms with E-state index < -0.39 is 23.8 Å². The zero-order chi connectivity index (χ0) is 23.4. The highest BCUT2D eigenvalue weighted by molar-refractivity contribution is 6.11. The van der Waals surface area contributed by atoms with Gasteiger partial charge in [0.15, 0.2) is 0 Å². The Balaban J connectivity index is 1.83. The highest BCUT2D eigenvalue weighted by Crippen LogP contribution is 2.24. The molecule has 0 aliphatic carbocycles. The largest absolute Gasteiger partial charge is 0.508 e. The van der Waals surface area contributed by atoms with E-state index in [1.165, 1.54) is 48.5 Å². The summed E-state index contributed by atoms with van der Waals surface area (Å²) in [7, 11) is 0. The Hall–Kier alpha value is -4.86. The van der Waals surface area contributed by atoms with Crippen molar-refractivity contribution in [1.82, 2.24) is 0 Å². The fourth-order valence-corrected chi connectivity index (χ4v) is 2.83. The normalized spacial score (nSPS) is 10.2. The Morgan fingerprint density at radius 2 is 1.00 bits per heavy atom. The maximum absolute atomic E-state index is 12.6. The molecule has 10 heteroatoms. The van der Waals surface area contributed by atoms with Gasteiger partial charge in [-0.3, -0.25) is 9.59 Å². The van der Waals surface area contributed by atoms with Crippen LogP contribution in [0.4, 0.5) is 11.4 Å². The summed E-state index contributed by atoms with van der Waals surface area (Å²) in [4.78, 5) is 47.8. The van der Waals surface area contributed by atoms with Gasteiger partial charge in [-0.2, -0.15) is 0 Å². The van der Waals surface area contributed by atoms with Gasteiger partial charge in [0.1, 0.15) is 11.5 Å². The van der Waals surface area contributed by atoms with E-state index in [1.54, 1.807) is 0 Å². The number of nitrogens with one attached hydrogen (secondary N) is 2. The number of phenolic OH excluding ortho intramolecular Hbond substituents is 2. The number of aromatic hydroxyl groups is 2. The number of phenols is 2. The third kappa shape index (κ3) is 4.82. The first-order valence-electron chi connectivity index (χ1n) is 9.01. The summed E-state index contributed by atoms with van der Waals surface area (Å²) in [6.45, 7) is 0. The molecule has 32 heavy (non-hydrogen) atoms. The zero-order valence-electron chi connectivity index (χ0n) is 16.2. The minimum atomic E-state index is -1.35. The molecule has 2 amide bonds. The van der Waals surface area contributed by atoms with Gasteiger partial charge in [-0.25, -0.2) is 9.59 Å². The molecule has 0 bridgehead atoms. The van der Waals surface area contributed by atoms with Crippen LogP contribution in [-0.2, 0) is 0 Å². The first-order valence-corrected chi connectivity index (χ1v) is 9.01. The fourth-order valence-electron chi connectivity index (χ4n) is 2.83. The first kappa shape index (κ1) is 21.8. The molecule has 10 nitrogen and oxygen atoms in total. The molecule has 0 aliphatic heterocycles. The molecule has 0 atom stereocenters. The molecular formula is C22H16N2O8. The van der Waals surface area contributed by atoms with Crippen LogP contribution in [0.3, 0.4) is 0 Å². The molecule has 3 aromatic carbocycles. The molecule has 0 aliphatic rings. The molecule has 3 rings (SSSR count). The van der Waals surface area contributed by atoms with Crippen LogP contribution in [0, 0.1) is 0 Å². The lowest BCUT2D eigenvalue weighted by Crippen LogP contribution is -2.17. The molecule has 162 valence electrons. The highest BCUT2D eigenvalue weighted by Gasteiger charge is 2.17.